The summed E-state index contributed by atoms with van der Waals surface area (Å²) in [5.74, 6) is -0.382. The van der Waals surface area contributed by atoms with Gasteiger partial charge in [-0.15, -0.1) is 0 Å². The molecule has 0 aromatic heterocycles. The first-order valence-corrected chi connectivity index (χ1v) is 20.1. The van der Waals surface area contributed by atoms with Gasteiger partial charge in [0.25, 0.3) is 0 Å². The average Bonchev–Trinajstić information content (AvgIpc) is 3.06. The molecule has 6 heteroatoms. The standard InChI is InChI=1S/C41H77NO5/c1-5-9-13-15-17-19-28-38(26-11-7-3)36-40(44)46-34-23-21-30-42(32-25-33-43)31-22-24-35-47-41(45)37-39(27-12-8-4)29-20-18-16-14-10-6-2/h36-37,43H,5-35H2,1-4H3/b38-36+,39-37+. The molecule has 0 atom stereocenters. The number of unbranched alkanes of at least 4 members (excludes halogenated alkanes) is 14. The lowest BCUT2D eigenvalue weighted by molar-refractivity contribution is -0.138. The van der Waals surface area contributed by atoms with Crippen LogP contribution in [0.15, 0.2) is 23.3 Å². The summed E-state index contributed by atoms with van der Waals surface area (Å²) in [4.78, 5) is 27.4. The summed E-state index contributed by atoms with van der Waals surface area (Å²) in [5.41, 5.74) is 2.49. The summed E-state index contributed by atoms with van der Waals surface area (Å²) >= 11 is 0. The Morgan fingerprint density at radius 1 is 0.468 bits per heavy atom. The highest BCUT2D eigenvalue weighted by molar-refractivity contribution is 5.83. The Bertz CT molecular complexity index is 718. The minimum Gasteiger partial charge on any atom is -0.463 e. The summed E-state index contributed by atoms with van der Waals surface area (Å²) in [5, 5.41) is 9.36. The number of carbonyl (C=O) groups excluding carboxylic acids is 2. The smallest absolute Gasteiger partial charge is 0.330 e. The Morgan fingerprint density at radius 3 is 1.23 bits per heavy atom. The fourth-order valence-corrected chi connectivity index (χ4v) is 5.88. The van der Waals surface area contributed by atoms with Crippen molar-refractivity contribution in [3.05, 3.63) is 23.3 Å². The van der Waals surface area contributed by atoms with Gasteiger partial charge in [0.1, 0.15) is 0 Å². The molecule has 0 aromatic carbocycles. The largest absolute Gasteiger partial charge is 0.463 e. The van der Waals surface area contributed by atoms with E-state index < -0.39 is 0 Å². The zero-order valence-electron chi connectivity index (χ0n) is 31.6. The number of rotatable bonds is 35. The monoisotopic (exact) mass is 664 g/mol. The van der Waals surface area contributed by atoms with E-state index in [1.807, 2.05) is 0 Å². The normalized spacial score (nSPS) is 12.2. The summed E-state index contributed by atoms with van der Waals surface area (Å²) in [6, 6.07) is 0. The molecule has 0 spiro atoms. The average molecular weight is 664 g/mol. The highest BCUT2D eigenvalue weighted by atomic mass is 16.5. The van der Waals surface area contributed by atoms with E-state index in [4.69, 9.17) is 9.47 Å². The van der Waals surface area contributed by atoms with Gasteiger partial charge in [0, 0.05) is 25.3 Å². The van der Waals surface area contributed by atoms with Crippen LogP contribution in [0.4, 0.5) is 0 Å². The van der Waals surface area contributed by atoms with Crippen molar-refractivity contribution in [1.82, 2.24) is 4.90 Å². The molecule has 0 rings (SSSR count). The number of esters is 2. The van der Waals surface area contributed by atoms with E-state index >= 15 is 0 Å². The van der Waals surface area contributed by atoms with E-state index in [0.717, 1.165) is 116 Å². The summed E-state index contributed by atoms with van der Waals surface area (Å²) < 4.78 is 11.1. The third-order valence-corrected chi connectivity index (χ3v) is 8.91. The molecule has 0 bridgehead atoms. The lowest BCUT2D eigenvalue weighted by atomic mass is 10.0. The molecule has 0 aromatic rings. The van der Waals surface area contributed by atoms with Crippen LogP contribution in [0.2, 0.25) is 0 Å². The van der Waals surface area contributed by atoms with E-state index in [-0.39, 0.29) is 18.5 Å². The number of ether oxygens (including phenoxy) is 2. The van der Waals surface area contributed by atoms with Crippen molar-refractivity contribution in [2.75, 3.05) is 39.5 Å². The molecular formula is C41H77NO5. The minimum atomic E-state index is -0.191. The predicted octanol–water partition coefficient (Wildman–Crippen LogP) is 11.1. The van der Waals surface area contributed by atoms with E-state index in [1.165, 1.54) is 75.4 Å². The number of nitrogens with zero attached hydrogens (tertiary/aromatic N) is 1. The highest BCUT2D eigenvalue weighted by Gasteiger charge is 2.08. The van der Waals surface area contributed by atoms with Crippen molar-refractivity contribution < 1.29 is 24.2 Å². The molecule has 0 aliphatic carbocycles. The Kier molecular flexibility index (Phi) is 34.4. The van der Waals surface area contributed by atoms with Crippen LogP contribution in [-0.2, 0) is 19.1 Å². The minimum absolute atomic E-state index is 0.183. The SMILES string of the molecule is CCCCCCCC/C(=C/C(=O)OCCCCN(CCCO)CCCCOC(=O)/C=C(\CCCC)CCCCCCCC)CCCC. The van der Waals surface area contributed by atoms with Crippen molar-refractivity contribution in [2.24, 2.45) is 0 Å². The molecule has 6 nitrogen and oxygen atoms in total. The second kappa shape index (κ2) is 35.6. The maximum atomic E-state index is 12.5. The molecule has 276 valence electrons. The first-order chi connectivity index (χ1) is 23.0. The van der Waals surface area contributed by atoms with Crippen LogP contribution in [0.1, 0.15) is 188 Å². The number of hydrogen-bond donors (Lipinski definition) is 1. The van der Waals surface area contributed by atoms with E-state index in [9.17, 15) is 14.7 Å². The van der Waals surface area contributed by atoms with Crippen LogP contribution < -0.4 is 0 Å². The van der Waals surface area contributed by atoms with Crippen LogP contribution in [0, 0.1) is 0 Å². The van der Waals surface area contributed by atoms with Gasteiger partial charge in [-0.3, -0.25) is 0 Å². The maximum absolute atomic E-state index is 12.5. The molecule has 1 N–H and O–H groups in total. The lowest BCUT2D eigenvalue weighted by Crippen LogP contribution is -2.28. The van der Waals surface area contributed by atoms with Crippen molar-refractivity contribution in [3.8, 4) is 0 Å². The topological polar surface area (TPSA) is 76.1 Å². The third kappa shape index (κ3) is 31.4. The molecule has 0 amide bonds. The number of carbonyl (C=O) groups is 2. The lowest BCUT2D eigenvalue weighted by Gasteiger charge is -2.21. The molecule has 0 fully saturated rings. The Balaban J connectivity index is 4.41. The Hall–Kier alpha value is -1.66. The van der Waals surface area contributed by atoms with Crippen LogP contribution in [0.5, 0.6) is 0 Å². The fraction of sp³-hybridized carbons (Fsp3) is 0.854. The van der Waals surface area contributed by atoms with Crippen LogP contribution in [0.25, 0.3) is 0 Å². The maximum Gasteiger partial charge on any atom is 0.330 e. The predicted molar refractivity (Wildman–Crippen MR) is 200 cm³/mol. The molecule has 0 saturated carbocycles. The highest BCUT2D eigenvalue weighted by Crippen LogP contribution is 2.19. The summed E-state index contributed by atoms with van der Waals surface area (Å²) in [6.07, 6.45) is 31.6. The fourth-order valence-electron chi connectivity index (χ4n) is 5.88. The van der Waals surface area contributed by atoms with Crippen LogP contribution >= 0.6 is 0 Å². The van der Waals surface area contributed by atoms with Crippen molar-refractivity contribution in [3.63, 3.8) is 0 Å². The molecule has 0 aliphatic rings. The van der Waals surface area contributed by atoms with Gasteiger partial charge in [-0.2, -0.15) is 0 Å². The summed E-state index contributed by atoms with van der Waals surface area (Å²) in [6.45, 7) is 12.6. The molecule has 0 unspecified atom stereocenters. The van der Waals surface area contributed by atoms with E-state index in [1.54, 1.807) is 12.2 Å². The van der Waals surface area contributed by atoms with Crippen LogP contribution in [0.3, 0.4) is 0 Å². The van der Waals surface area contributed by atoms with Crippen molar-refractivity contribution in [2.45, 2.75) is 188 Å². The zero-order chi connectivity index (χ0) is 34.6. The van der Waals surface area contributed by atoms with Gasteiger partial charge in [-0.25, -0.2) is 9.59 Å². The van der Waals surface area contributed by atoms with Crippen molar-refractivity contribution >= 4 is 11.9 Å². The summed E-state index contributed by atoms with van der Waals surface area (Å²) in [7, 11) is 0. The van der Waals surface area contributed by atoms with Gasteiger partial charge >= 0.3 is 11.9 Å². The van der Waals surface area contributed by atoms with Gasteiger partial charge in [-0.1, -0.05) is 116 Å². The number of hydrogen-bond acceptors (Lipinski definition) is 6. The van der Waals surface area contributed by atoms with E-state index in [2.05, 4.69) is 32.6 Å². The van der Waals surface area contributed by atoms with Gasteiger partial charge in [0.15, 0.2) is 0 Å². The zero-order valence-corrected chi connectivity index (χ0v) is 31.6. The van der Waals surface area contributed by atoms with Gasteiger partial charge < -0.3 is 19.5 Å². The quantitative estimate of drug-likeness (QED) is 0.0413. The van der Waals surface area contributed by atoms with Crippen molar-refractivity contribution in [1.29, 1.82) is 0 Å². The molecule has 47 heavy (non-hydrogen) atoms. The van der Waals surface area contributed by atoms with E-state index in [0.29, 0.717) is 13.2 Å². The molecule has 0 saturated heterocycles. The van der Waals surface area contributed by atoms with Crippen LogP contribution in [-0.4, -0.2) is 61.4 Å². The van der Waals surface area contributed by atoms with Gasteiger partial charge in [0.2, 0.25) is 0 Å². The second-order valence-corrected chi connectivity index (χ2v) is 13.5. The molecule has 0 aliphatic heterocycles. The Labute approximate surface area is 291 Å². The first kappa shape index (κ1) is 45.3. The Morgan fingerprint density at radius 2 is 0.830 bits per heavy atom. The molecule has 0 heterocycles. The molecule has 0 radical (unpaired) electrons. The number of aliphatic hydroxyl groups is 1. The second-order valence-electron chi connectivity index (χ2n) is 13.5. The first-order valence-electron chi connectivity index (χ1n) is 20.1. The molecular weight excluding hydrogens is 586 g/mol. The number of allylic oxidation sites excluding steroid dienone is 2. The van der Waals surface area contributed by atoms with Gasteiger partial charge in [-0.05, 0) is 96.6 Å². The third-order valence-electron chi connectivity index (χ3n) is 8.91. The number of aliphatic hydroxyl groups excluding tert-OH is 1. The van der Waals surface area contributed by atoms with Gasteiger partial charge in [0.05, 0.1) is 13.2 Å².